The summed E-state index contributed by atoms with van der Waals surface area (Å²) in [4.78, 5) is 33.6. The molecule has 0 radical (unpaired) electrons. The lowest BCUT2D eigenvalue weighted by Gasteiger charge is -2.06. The summed E-state index contributed by atoms with van der Waals surface area (Å²) in [5.74, 6) is -0.668. The van der Waals surface area contributed by atoms with E-state index >= 15 is 0 Å². The molecule has 0 aliphatic rings. The van der Waals surface area contributed by atoms with Crippen LogP contribution in [-0.2, 0) is 0 Å². The lowest BCUT2D eigenvalue weighted by molar-refractivity contribution is 0.103. The van der Waals surface area contributed by atoms with Crippen LogP contribution < -0.4 is 5.56 Å². The maximum absolute atomic E-state index is 12.7. The molecule has 0 aliphatic carbocycles. The molecule has 8 heteroatoms. The fourth-order valence-corrected chi connectivity index (χ4v) is 2.65. The molecule has 0 bridgehead atoms. The van der Waals surface area contributed by atoms with Crippen LogP contribution in [0.4, 0.5) is 5.69 Å². The van der Waals surface area contributed by atoms with E-state index in [2.05, 4.69) is 15.0 Å². The van der Waals surface area contributed by atoms with Gasteiger partial charge in [-0.25, -0.2) is 0 Å². The van der Waals surface area contributed by atoms with E-state index < -0.39 is 11.4 Å². The number of nitrogens with zero attached hydrogens (tertiary/aromatic N) is 1. The smallest absolute Gasteiger partial charge is 0.264 e. The normalized spacial score (nSPS) is 11.0. The van der Waals surface area contributed by atoms with E-state index in [-0.39, 0.29) is 21.7 Å². The molecule has 0 amide bonds. The predicted octanol–water partition coefficient (Wildman–Crippen LogP) is 3.77. The van der Waals surface area contributed by atoms with E-state index in [1.54, 1.807) is 36.4 Å². The largest absolute Gasteiger partial charge is 0.494 e. The Morgan fingerprint density at radius 3 is 2.58 bits per heavy atom. The molecule has 0 atom stereocenters. The van der Waals surface area contributed by atoms with Gasteiger partial charge >= 0.3 is 0 Å². The van der Waals surface area contributed by atoms with Crippen molar-refractivity contribution < 1.29 is 9.90 Å². The Morgan fingerprint density at radius 2 is 1.88 bits per heavy atom. The van der Waals surface area contributed by atoms with E-state index in [9.17, 15) is 14.7 Å². The maximum atomic E-state index is 12.7. The third-order valence-corrected chi connectivity index (χ3v) is 3.97. The monoisotopic (exact) mass is 385 g/mol. The molecule has 0 saturated heterocycles. The minimum absolute atomic E-state index is 0.00362. The van der Waals surface area contributed by atoms with Gasteiger partial charge in [-0.05, 0) is 30.4 Å². The molecule has 6 nitrogen and oxygen atoms in total. The van der Waals surface area contributed by atoms with Crippen molar-refractivity contribution in [3.05, 3.63) is 85.4 Å². The number of rotatable bonds is 4. The van der Waals surface area contributed by atoms with Gasteiger partial charge in [0.15, 0.2) is 10.6 Å². The highest BCUT2D eigenvalue weighted by molar-refractivity contribution is 7.71. The molecule has 0 saturated carbocycles. The summed E-state index contributed by atoms with van der Waals surface area (Å²) in [6.07, 6.45) is 1.16. The zero-order valence-electron chi connectivity index (χ0n) is 13.2. The molecule has 26 heavy (non-hydrogen) atoms. The van der Waals surface area contributed by atoms with Crippen molar-refractivity contribution >= 4 is 41.5 Å². The quantitative estimate of drug-likeness (QED) is 0.361. The van der Waals surface area contributed by atoms with Crippen molar-refractivity contribution in [2.75, 3.05) is 0 Å². The van der Waals surface area contributed by atoms with E-state index in [0.29, 0.717) is 16.3 Å². The van der Waals surface area contributed by atoms with Gasteiger partial charge in [-0.3, -0.25) is 19.6 Å². The molecule has 1 aromatic heterocycles. The molecule has 0 unspecified atom stereocenters. The average molecular weight is 386 g/mol. The van der Waals surface area contributed by atoms with E-state index in [1.165, 1.54) is 6.07 Å². The van der Waals surface area contributed by atoms with Crippen LogP contribution >= 0.6 is 23.8 Å². The number of aliphatic imine (C=N–C) groups is 1. The summed E-state index contributed by atoms with van der Waals surface area (Å²) >= 11 is 10.8. The van der Waals surface area contributed by atoms with Crippen molar-refractivity contribution in [2.45, 2.75) is 0 Å². The number of aromatic hydroxyl groups is 1. The third kappa shape index (κ3) is 3.79. The maximum Gasteiger partial charge on any atom is 0.264 e. The first-order valence-corrected chi connectivity index (χ1v) is 8.23. The van der Waals surface area contributed by atoms with Crippen LogP contribution in [0.3, 0.4) is 0 Å². The highest BCUT2D eigenvalue weighted by Crippen LogP contribution is 2.26. The number of benzene rings is 2. The number of hydrogen-bond acceptors (Lipinski definition) is 5. The van der Waals surface area contributed by atoms with Crippen molar-refractivity contribution in [2.24, 2.45) is 4.99 Å². The highest BCUT2D eigenvalue weighted by atomic mass is 35.5. The number of halogens is 1. The van der Waals surface area contributed by atoms with Gasteiger partial charge in [-0.2, -0.15) is 0 Å². The minimum Gasteiger partial charge on any atom is -0.494 e. The Labute approximate surface area is 157 Å². The number of aromatic nitrogens is 2. The van der Waals surface area contributed by atoms with Crippen LogP contribution in [0.5, 0.6) is 5.88 Å². The fraction of sp³-hybridized carbons (Fsp3) is 0. The van der Waals surface area contributed by atoms with Crippen LogP contribution in [0.2, 0.25) is 5.02 Å². The predicted molar refractivity (Wildman–Crippen MR) is 102 cm³/mol. The van der Waals surface area contributed by atoms with Crippen LogP contribution in [0.25, 0.3) is 0 Å². The zero-order valence-corrected chi connectivity index (χ0v) is 14.8. The Kier molecular flexibility index (Phi) is 5.11. The summed E-state index contributed by atoms with van der Waals surface area (Å²) in [5.41, 5.74) is 0.367. The second-order valence-electron chi connectivity index (χ2n) is 5.29. The molecule has 3 aromatic rings. The summed E-state index contributed by atoms with van der Waals surface area (Å²) in [6, 6.07) is 13.3. The molecular formula is C18H12ClN3O3S. The second-order valence-corrected chi connectivity index (χ2v) is 6.13. The van der Waals surface area contributed by atoms with Crippen LogP contribution in [0.1, 0.15) is 21.5 Å². The summed E-state index contributed by atoms with van der Waals surface area (Å²) in [5, 5.41) is 10.2. The molecule has 130 valence electrons. The highest BCUT2D eigenvalue weighted by Gasteiger charge is 2.14. The SMILES string of the molecule is O=C(c1ccccc1)c1cc(Cl)ccc1N=Cc1c(O)[nH]c(=S)[nH]c1=O. The van der Waals surface area contributed by atoms with Gasteiger partial charge in [-0.15, -0.1) is 0 Å². The summed E-state index contributed by atoms with van der Waals surface area (Å²) in [7, 11) is 0. The second kappa shape index (κ2) is 7.47. The number of carbonyl (C=O) groups excluding carboxylic acids is 1. The Balaban J connectivity index is 2.06. The lowest BCUT2D eigenvalue weighted by Crippen LogP contribution is -2.13. The molecule has 0 fully saturated rings. The molecule has 3 rings (SSSR count). The third-order valence-electron chi connectivity index (χ3n) is 3.53. The van der Waals surface area contributed by atoms with Gasteiger partial charge in [0.2, 0.25) is 5.88 Å². The van der Waals surface area contributed by atoms with E-state index in [4.69, 9.17) is 23.8 Å². The topological polar surface area (TPSA) is 98.3 Å². The van der Waals surface area contributed by atoms with Crippen LogP contribution in [0, 0.1) is 4.77 Å². The fourth-order valence-electron chi connectivity index (χ4n) is 2.29. The number of H-pyrrole nitrogens is 2. The number of ketones is 1. The van der Waals surface area contributed by atoms with Crippen molar-refractivity contribution in [3.63, 3.8) is 0 Å². The van der Waals surface area contributed by atoms with Crippen molar-refractivity contribution in [1.82, 2.24) is 9.97 Å². The molecule has 0 spiro atoms. The number of carbonyl (C=O) groups is 1. The molecule has 2 aromatic carbocycles. The summed E-state index contributed by atoms with van der Waals surface area (Å²) in [6.45, 7) is 0. The van der Waals surface area contributed by atoms with Gasteiger partial charge in [-0.1, -0.05) is 41.9 Å². The average Bonchev–Trinajstić information content (AvgIpc) is 2.62. The Morgan fingerprint density at radius 1 is 1.15 bits per heavy atom. The lowest BCUT2D eigenvalue weighted by atomic mass is 10.0. The summed E-state index contributed by atoms with van der Waals surface area (Å²) < 4.78 is -0.00362. The van der Waals surface area contributed by atoms with Crippen LogP contribution in [0.15, 0.2) is 58.3 Å². The van der Waals surface area contributed by atoms with Gasteiger partial charge in [0.05, 0.1) is 5.69 Å². The standard InChI is InChI=1S/C18H12ClN3O3S/c19-11-6-7-14(12(8-11)15(23)10-4-2-1-3-5-10)20-9-13-16(24)21-18(26)22-17(13)25/h1-9H,(H3,21,22,24,25,26). The molecule has 3 N–H and O–H groups in total. The number of nitrogens with one attached hydrogen (secondary N) is 2. The Hall–Kier alpha value is -3.03. The molecular weight excluding hydrogens is 374 g/mol. The zero-order chi connectivity index (χ0) is 18.7. The number of hydrogen-bond donors (Lipinski definition) is 3. The molecule has 0 aliphatic heterocycles. The number of aromatic amines is 2. The van der Waals surface area contributed by atoms with E-state index in [0.717, 1.165) is 6.21 Å². The van der Waals surface area contributed by atoms with Gasteiger partial charge in [0.25, 0.3) is 5.56 Å². The minimum atomic E-state index is -0.597. The van der Waals surface area contributed by atoms with Gasteiger partial charge in [0, 0.05) is 22.4 Å². The van der Waals surface area contributed by atoms with Gasteiger partial charge < -0.3 is 10.1 Å². The van der Waals surface area contributed by atoms with Crippen molar-refractivity contribution in [1.29, 1.82) is 0 Å². The molecule has 1 heterocycles. The first-order chi connectivity index (χ1) is 12.5. The first kappa shape index (κ1) is 17.8. The van der Waals surface area contributed by atoms with Gasteiger partial charge in [0.1, 0.15) is 5.56 Å². The van der Waals surface area contributed by atoms with Crippen LogP contribution in [-0.4, -0.2) is 27.1 Å². The first-order valence-electron chi connectivity index (χ1n) is 7.44. The Bertz CT molecular complexity index is 1120. The van der Waals surface area contributed by atoms with Crippen molar-refractivity contribution in [3.8, 4) is 5.88 Å². The van der Waals surface area contributed by atoms with E-state index in [1.807, 2.05) is 6.07 Å².